The van der Waals surface area contributed by atoms with Crippen molar-refractivity contribution in [1.29, 1.82) is 0 Å². The largest absolute Gasteiger partial charge is 0.378 e. The van der Waals surface area contributed by atoms with Gasteiger partial charge < -0.3 is 19.9 Å². The molecule has 1 aliphatic rings. The number of fused-ring (bicyclic) bond motifs is 1. The van der Waals surface area contributed by atoms with Crippen LogP contribution in [0.5, 0.6) is 0 Å². The van der Waals surface area contributed by atoms with Crippen molar-refractivity contribution < 1.29 is 9.53 Å². The lowest BCUT2D eigenvalue weighted by atomic mass is 10.2. The molecule has 0 atom stereocenters. The normalized spacial score (nSPS) is 14.2. The number of amides is 1. The van der Waals surface area contributed by atoms with E-state index in [-0.39, 0.29) is 5.91 Å². The lowest BCUT2D eigenvalue weighted by Gasteiger charge is -2.26. The Morgan fingerprint density at radius 2 is 2.00 bits per heavy atom. The quantitative estimate of drug-likeness (QED) is 0.506. The molecular formula is C22H22N6O2S. The Bertz CT molecular complexity index is 1260. The van der Waals surface area contributed by atoms with E-state index in [1.54, 1.807) is 17.5 Å². The highest BCUT2D eigenvalue weighted by Crippen LogP contribution is 2.27. The zero-order valence-electron chi connectivity index (χ0n) is 17.3. The van der Waals surface area contributed by atoms with Crippen LogP contribution in [0, 0.1) is 13.8 Å². The van der Waals surface area contributed by atoms with Crippen LogP contribution in [0.3, 0.4) is 0 Å². The van der Waals surface area contributed by atoms with Gasteiger partial charge in [-0.2, -0.15) is 0 Å². The molecular weight excluding hydrogens is 412 g/mol. The Hall–Kier alpha value is -3.30. The Kier molecular flexibility index (Phi) is 5.13. The topological polar surface area (TPSA) is 96.0 Å². The number of nitrogens with one attached hydrogen (secondary N) is 2. The zero-order valence-corrected chi connectivity index (χ0v) is 18.1. The van der Waals surface area contributed by atoms with E-state index in [9.17, 15) is 4.79 Å². The minimum absolute atomic E-state index is 0.000954. The summed E-state index contributed by atoms with van der Waals surface area (Å²) in [6, 6.07) is 9.63. The van der Waals surface area contributed by atoms with E-state index < -0.39 is 0 Å². The summed E-state index contributed by atoms with van der Waals surface area (Å²) < 4.78 is 5.33. The summed E-state index contributed by atoms with van der Waals surface area (Å²) in [6.07, 6.45) is 1.73. The second kappa shape index (κ2) is 8.09. The SMILES string of the molecule is Cc1nc(-c2ccnc(Nc3ccc4[nH]c(C(=O)N5CCOCC5)cc4c3)n2)c(C)s1. The number of carbonyl (C=O) groups excluding carboxylic acids is 1. The van der Waals surface area contributed by atoms with Gasteiger partial charge in [0.05, 0.1) is 23.9 Å². The first-order valence-corrected chi connectivity index (χ1v) is 10.9. The maximum absolute atomic E-state index is 12.7. The van der Waals surface area contributed by atoms with Crippen LogP contribution in [0.1, 0.15) is 20.4 Å². The third-order valence-electron chi connectivity index (χ3n) is 5.21. The van der Waals surface area contributed by atoms with Crippen molar-refractivity contribution >= 4 is 39.8 Å². The fourth-order valence-electron chi connectivity index (χ4n) is 3.71. The molecule has 158 valence electrons. The molecule has 2 N–H and O–H groups in total. The Morgan fingerprint density at radius 3 is 2.77 bits per heavy atom. The molecule has 1 aliphatic heterocycles. The second-order valence-electron chi connectivity index (χ2n) is 7.42. The van der Waals surface area contributed by atoms with E-state index >= 15 is 0 Å². The van der Waals surface area contributed by atoms with Gasteiger partial charge in [0.1, 0.15) is 11.4 Å². The molecule has 4 heterocycles. The number of aryl methyl sites for hydroxylation is 2. The number of aromatic nitrogens is 4. The summed E-state index contributed by atoms with van der Waals surface area (Å²) in [4.78, 5) is 32.5. The van der Waals surface area contributed by atoms with Crippen molar-refractivity contribution in [3.05, 3.63) is 52.1 Å². The first-order chi connectivity index (χ1) is 15.1. The van der Waals surface area contributed by atoms with Crippen LogP contribution in [-0.4, -0.2) is 57.0 Å². The Balaban J connectivity index is 1.38. The van der Waals surface area contributed by atoms with Crippen molar-refractivity contribution in [2.75, 3.05) is 31.6 Å². The van der Waals surface area contributed by atoms with Crippen LogP contribution in [0.2, 0.25) is 0 Å². The van der Waals surface area contributed by atoms with E-state index in [4.69, 9.17) is 4.74 Å². The van der Waals surface area contributed by atoms with Gasteiger partial charge in [-0.25, -0.2) is 15.0 Å². The number of hydrogen-bond donors (Lipinski definition) is 2. The lowest BCUT2D eigenvalue weighted by Crippen LogP contribution is -2.40. The molecule has 1 saturated heterocycles. The smallest absolute Gasteiger partial charge is 0.270 e. The van der Waals surface area contributed by atoms with Crippen LogP contribution in [0.15, 0.2) is 36.5 Å². The van der Waals surface area contributed by atoms with Crippen LogP contribution in [0.25, 0.3) is 22.3 Å². The molecule has 1 amide bonds. The molecule has 0 bridgehead atoms. The highest BCUT2D eigenvalue weighted by Gasteiger charge is 2.20. The Morgan fingerprint density at radius 1 is 1.16 bits per heavy atom. The minimum Gasteiger partial charge on any atom is -0.378 e. The average Bonchev–Trinajstić information content (AvgIpc) is 3.36. The molecule has 0 saturated carbocycles. The third kappa shape index (κ3) is 4.01. The van der Waals surface area contributed by atoms with Gasteiger partial charge in [0.2, 0.25) is 5.95 Å². The van der Waals surface area contributed by atoms with Crippen LogP contribution in [0.4, 0.5) is 11.6 Å². The van der Waals surface area contributed by atoms with Crippen molar-refractivity contribution in [2.24, 2.45) is 0 Å². The summed E-state index contributed by atoms with van der Waals surface area (Å²) in [7, 11) is 0. The second-order valence-corrected chi connectivity index (χ2v) is 8.83. The summed E-state index contributed by atoms with van der Waals surface area (Å²) in [5.74, 6) is 0.501. The van der Waals surface area contributed by atoms with Crippen molar-refractivity contribution in [2.45, 2.75) is 13.8 Å². The maximum Gasteiger partial charge on any atom is 0.270 e. The molecule has 0 radical (unpaired) electrons. The number of rotatable bonds is 4. The Labute approximate surface area is 183 Å². The number of H-pyrrole nitrogens is 1. The number of benzene rings is 1. The average molecular weight is 435 g/mol. The van der Waals surface area contributed by atoms with Crippen molar-refractivity contribution in [3.63, 3.8) is 0 Å². The van der Waals surface area contributed by atoms with Gasteiger partial charge in [0, 0.05) is 40.8 Å². The van der Waals surface area contributed by atoms with Crippen LogP contribution in [-0.2, 0) is 4.74 Å². The highest BCUT2D eigenvalue weighted by molar-refractivity contribution is 7.11. The van der Waals surface area contributed by atoms with E-state index in [0.717, 1.165) is 37.9 Å². The summed E-state index contributed by atoms with van der Waals surface area (Å²) >= 11 is 1.66. The molecule has 0 spiro atoms. The number of nitrogens with zero attached hydrogens (tertiary/aromatic N) is 4. The molecule has 8 nitrogen and oxygen atoms in total. The maximum atomic E-state index is 12.7. The monoisotopic (exact) mass is 434 g/mol. The lowest BCUT2D eigenvalue weighted by molar-refractivity contribution is 0.0299. The molecule has 5 rings (SSSR count). The molecule has 4 aromatic rings. The molecule has 1 aromatic carbocycles. The van der Waals surface area contributed by atoms with Gasteiger partial charge >= 0.3 is 0 Å². The zero-order chi connectivity index (χ0) is 21.4. The minimum atomic E-state index is -0.000954. The molecule has 0 unspecified atom stereocenters. The fraction of sp³-hybridized carbons (Fsp3) is 0.273. The van der Waals surface area contributed by atoms with Gasteiger partial charge in [0.25, 0.3) is 5.91 Å². The first kappa shape index (κ1) is 19.7. The number of anilines is 2. The molecule has 31 heavy (non-hydrogen) atoms. The molecule has 3 aromatic heterocycles. The van der Waals surface area contributed by atoms with Crippen LogP contribution < -0.4 is 5.32 Å². The molecule has 9 heteroatoms. The van der Waals surface area contributed by atoms with E-state index in [1.165, 1.54) is 0 Å². The predicted octanol–water partition coefficient (Wildman–Crippen LogP) is 3.91. The molecule has 0 aliphatic carbocycles. The number of carbonyl (C=O) groups is 1. The van der Waals surface area contributed by atoms with Crippen molar-refractivity contribution in [3.8, 4) is 11.4 Å². The number of ether oxygens (including phenoxy) is 1. The van der Waals surface area contributed by atoms with Gasteiger partial charge in [-0.05, 0) is 44.2 Å². The van der Waals surface area contributed by atoms with Crippen molar-refractivity contribution in [1.82, 2.24) is 24.8 Å². The number of hydrogen-bond acceptors (Lipinski definition) is 7. The first-order valence-electron chi connectivity index (χ1n) is 10.1. The van der Waals surface area contributed by atoms with Gasteiger partial charge in [-0.3, -0.25) is 4.79 Å². The van der Waals surface area contributed by atoms with E-state index in [2.05, 4.69) is 25.3 Å². The number of thiazole rings is 1. The van der Waals surface area contributed by atoms with E-state index in [1.807, 2.05) is 49.1 Å². The third-order valence-corrected chi connectivity index (χ3v) is 6.09. The predicted molar refractivity (Wildman–Crippen MR) is 121 cm³/mol. The van der Waals surface area contributed by atoms with Gasteiger partial charge in [-0.15, -0.1) is 11.3 Å². The van der Waals surface area contributed by atoms with Gasteiger partial charge in [-0.1, -0.05) is 0 Å². The number of morpholine rings is 1. The number of aromatic amines is 1. The standard InChI is InChI=1S/C22H22N6O2S/c1-13-20(24-14(2)31-13)18-5-6-23-22(27-18)25-16-3-4-17-15(11-16)12-19(26-17)21(29)28-7-9-30-10-8-28/h3-6,11-12,26H,7-10H2,1-2H3,(H,23,25,27). The van der Waals surface area contributed by atoms with Crippen LogP contribution >= 0.6 is 11.3 Å². The van der Waals surface area contributed by atoms with Gasteiger partial charge in [0.15, 0.2) is 0 Å². The van der Waals surface area contributed by atoms with E-state index in [0.29, 0.717) is 37.9 Å². The summed E-state index contributed by atoms with van der Waals surface area (Å²) in [6.45, 7) is 6.44. The highest BCUT2D eigenvalue weighted by atomic mass is 32.1. The fourth-order valence-corrected chi connectivity index (χ4v) is 4.54. The summed E-state index contributed by atoms with van der Waals surface area (Å²) in [5, 5.41) is 5.22. The summed E-state index contributed by atoms with van der Waals surface area (Å²) in [5.41, 5.74) is 4.02. The molecule has 1 fully saturated rings.